The number of thioether (sulfide) groups is 1. The molecule has 0 bridgehead atoms. The van der Waals surface area contributed by atoms with E-state index in [1.165, 1.54) is 11.8 Å². The maximum atomic E-state index is 12.6. The molecule has 0 radical (unpaired) electrons. The molecule has 4 rings (SSSR count). The van der Waals surface area contributed by atoms with Crippen LogP contribution in [0.3, 0.4) is 0 Å². The summed E-state index contributed by atoms with van der Waals surface area (Å²) in [5.74, 6) is 0.350. The number of carbonyl (C=O) groups excluding carboxylic acids is 1. The molecule has 0 N–H and O–H groups in total. The number of rotatable bonds is 7. The van der Waals surface area contributed by atoms with E-state index in [1.807, 2.05) is 48.5 Å². The molecule has 2 aromatic carbocycles. The Balaban J connectivity index is 1.36. The third-order valence-electron chi connectivity index (χ3n) is 4.62. The van der Waals surface area contributed by atoms with Gasteiger partial charge >= 0.3 is 0 Å². The topological polar surface area (TPSA) is 69.9 Å². The van der Waals surface area contributed by atoms with E-state index < -0.39 is 0 Å². The minimum absolute atomic E-state index is 0.0547. The minimum Gasteiger partial charge on any atom is -0.376 e. The fourth-order valence-corrected chi connectivity index (χ4v) is 4.15. The second-order valence-electron chi connectivity index (χ2n) is 6.57. The summed E-state index contributed by atoms with van der Waals surface area (Å²) >= 11 is 4.80. The lowest BCUT2D eigenvalue weighted by molar-refractivity contribution is 0.0912. The van der Waals surface area contributed by atoms with Crippen LogP contribution in [0.5, 0.6) is 0 Å². The fraction of sp³-hybridized carbons (Fsp3) is 0.300. The van der Waals surface area contributed by atoms with Crippen LogP contribution in [0.25, 0.3) is 11.1 Å². The first-order valence-corrected chi connectivity index (χ1v) is 10.9. The van der Waals surface area contributed by atoms with Crippen LogP contribution in [0.1, 0.15) is 23.2 Å². The van der Waals surface area contributed by atoms with Gasteiger partial charge in [0.05, 0.1) is 18.4 Å². The highest BCUT2D eigenvalue weighted by molar-refractivity contribution is 9.10. The molecule has 144 valence electrons. The zero-order valence-electron chi connectivity index (χ0n) is 15.1. The molecule has 6 nitrogen and oxygen atoms in total. The SMILES string of the molecule is O=C(CSc1nnnn1C[C@H]1CCCO1)c1ccc(-c2ccc(Br)cc2)cc1. The standard InChI is InChI=1S/C20H19BrN4O2S/c21-17-9-7-15(8-10-17)14-3-5-16(6-4-14)19(26)13-28-20-22-23-24-25(20)12-18-2-1-11-27-18/h3-10,18H,1-2,11-13H2/t18-/m1/s1. The van der Waals surface area contributed by atoms with Crippen molar-refractivity contribution in [3.05, 3.63) is 58.6 Å². The zero-order chi connectivity index (χ0) is 19.3. The Labute approximate surface area is 175 Å². The number of ketones is 1. The second-order valence-corrected chi connectivity index (χ2v) is 8.43. The van der Waals surface area contributed by atoms with E-state index in [0.717, 1.165) is 35.0 Å². The number of aromatic nitrogens is 4. The number of ether oxygens (including phenoxy) is 1. The molecule has 0 saturated carbocycles. The van der Waals surface area contributed by atoms with E-state index in [1.54, 1.807) is 4.68 Å². The minimum atomic E-state index is 0.0547. The highest BCUT2D eigenvalue weighted by Gasteiger charge is 2.19. The third kappa shape index (κ3) is 4.68. The van der Waals surface area contributed by atoms with Crippen molar-refractivity contribution >= 4 is 33.5 Å². The molecule has 0 spiro atoms. The van der Waals surface area contributed by atoms with Crippen molar-refractivity contribution in [3.63, 3.8) is 0 Å². The average Bonchev–Trinajstić information content (AvgIpc) is 3.39. The predicted octanol–water partition coefficient (Wildman–Crippen LogP) is 4.26. The molecule has 1 aliphatic heterocycles. The van der Waals surface area contributed by atoms with E-state index in [9.17, 15) is 4.79 Å². The average molecular weight is 459 g/mol. The summed E-state index contributed by atoms with van der Waals surface area (Å²) in [6.07, 6.45) is 2.25. The smallest absolute Gasteiger partial charge is 0.209 e. The van der Waals surface area contributed by atoms with Crippen LogP contribution in [-0.4, -0.2) is 44.5 Å². The molecule has 0 amide bonds. The monoisotopic (exact) mass is 458 g/mol. The van der Waals surface area contributed by atoms with Crippen LogP contribution in [0.4, 0.5) is 0 Å². The summed E-state index contributed by atoms with van der Waals surface area (Å²) in [7, 11) is 0. The van der Waals surface area contributed by atoms with Gasteiger partial charge in [-0.05, 0) is 46.5 Å². The van der Waals surface area contributed by atoms with Crippen molar-refractivity contribution < 1.29 is 9.53 Å². The Bertz CT molecular complexity index is 938. The van der Waals surface area contributed by atoms with Gasteiger partial charge in [0.25, 0.3) is 0 Å². The molecule has 1 aliphatic rings. The predicted molar refractivity (Wildman–Crippen MR) is 111 cm³/mol. The first-order chi connectivity index (χ1) is 13.7. The lowest BCUT2D eigenvalue weighted by atomic mass is 10.0. The molecule has 2 heterocycles. The van der Waals surface area contributed by atoms with E-state index in [2.05, 4.69) is 31.5 Å². The number of hydrogen-bond donors (Lipinski definition) is 0. The highest BCUT2D eigenvalue weighted by atomic mass is 79.9. The lowest BCUT2D eigenvalue weighted by Gasteiger charge is -2.09. The number of carbonyl (C=O) groups is 1. The maximum Gasteiger partial charge on any atom is 0.209 e. The van der Waals surface area contributed by atoms with Gasteiger partial charge in [-0.2, -0.15) is 0 Å². The Morgan fingerprint density at radius 1 is 1.14 bits per heavy atom. The molecule has 1 saturated heterocycles. The molecule has 1 fully saturated rings. The Morgan fingerprint density at radius 2 is 1.86 bits per heavy atom. The van der Waals surface area contributed by atoms with Gasteiger partial charge in [-0.25, -0.2) is 4.68 Å². The first kappa shape index (κ1) is 19.3. The Morgan fingerprint density at radius 3 is 2.54 bits per heavy atom. The van der Waals surface area contributed by atoms with Crippen LogP contribution >= 0.6 is 27.7 Å². The Kier molecular flexibility index (Phi) is 6.19. The number of nitrogens with zero attached hydrogens (tertiary/aromatic N) is 4. The van der Waals surface area contributed by atoms with Gasteiger partial charge in [-0.3, -0.25) is 4.79 Å². The molecular weight excluding hydrogens is 440 g/mol. The summed E-state index contributed by atoms with van der Waals surface area (Å²) in [6, 6.07) is 15.8. The second kappa shape index (κ2) is 8.98. The van der Waals surface area contributed by atoms with Crippen molar-refractivity contribution in [3.8, 4) is 11.1 Å². The van der Waals surface area contributed by atoms with Crippen LogP contribution < -0.4 is 0 Å². The summed E-state index contributed by atoms with van der Waals surface area (Å²) in [5, 5.41) is 12.4. The fourth-order valence-electron chi connectivity index (χ4n) is 3.10. The maximum absolute atomic E-state index is 12.6. The van der Waals surface area contributed by atoms with Crippen LogP contribution in [0, 0.1) is 0 Å². The molecular formula is C20H19BrN4O2S. The van der Waals surface area contributed by atoms with Gasteiger partial charge in [-0.1, -0.05) is 64.1 Å². The number of hydrogen-bond acceptors (Lipinski definition) is 6. The third-order valence-corrected chi connectivity index (χ3v) is 6.10. The number of benzene rings is 2. The molecule has 0 aliphatic carbocycles. The molecule has 8 heteroatoms. The molecule has 3 aromatic rings. The summed E-state index contributed by atoms with van der Waals surface area (Å²) < 4.78 is 8.41. The lowest BCUT2D eigenvalue weighted by Crippen LogP contribution is -2.17. The first-order valence-electron chi connectivity index (χ1n) is 9.09. The molecule has 28 heavy (non-hydrogen) atoms. The number of halogens is 1. The molecule has 0 unspecified atom stereocenters. The summed E-state index contributed by atoms with van der Waals surface area (Å²) in [6.45, 7) is 1.43. The van der Waals surface area contributed by atoms with Crippen molar-refractivity contribution in [2.45, 2.75) is 30.6 Å². The molecule has 1 atom stereocenters. The molecule has 1 aromatic heterocycles. The van der Waals surface area contributed by atoms with E-state index in [-0.39, 0.29) is 11.9 Å². The number of Topliss-reactive ketones (excluding diaryl/α,β-unsaturated/α-hetero) is 1. The van der Waals surface area contributed by atoms with Gasteiger partial charge in [0.1, 0.15) is 0 Å². The van der Waals surface area contributed by atoms with Gasteiger partial charge in [-0.15, -0.1) is 5.10 Å². The largest absolute Gasteiger partial charge is 0.376 e. The van der Waals surface area contributed by atoms with Crippen molar-refractivity contribution in [1.82, 2.24) is 20.2 Å². The van der Waals surface area contributed by atoms with Gasteiger partial charge < -0.3 is 4.74 Å². The Hall–Kier alpha value is -2.03. The van der Waals surface area contributed by atoms with Crippen LogP contribution in [0.15, 0.2) is 58.2 Å². The quantitative estimate of drug-likeness (QED) is 0.389. The van der Waals surface area contributed by atoms with Crippen molar-refractivity contribution in [2.24, 2.45) is 0 Å². The number of tetrazole rings is 1. The van der Waals surface area contributed by atoms with E-state index in [0.29, 0.717) is 23.0 Å². The van der Waals surface area contributed by atoms with Crippen molar-refractivity contribution in [2.75, 3.05) is 12.4 Å². The summed E-state index contributed by atoms with van der Waals surface area (Å²) in [5.41, 5.74) is 2.88. The summed E-state index contributed by atoms with van der Waals surface area (Å²) in [4.78, 5) is 12.6. The zero-order valence-corrected chi connectivity index (χ0v) is 17.5. The van der Waals surface area contributed by atoms with Gasteiger partial charge in [0.15, 0.2) is 5.78 Å². The van der Waals surface area contributed by atoms with Gasteiger partial charge in [0, 0.05) is 16.6 Å². The van der Waals surface area contributed by atoms with Crippen molar-refractivity contribution in [1.29, 1.82) is 0 Å². The van der Waals surface area contributed by atoms with Crippen LogP contribution in [0.2, 0.25) is 0 Å². The van der Waals surface area contributed by atoms with E-state index >= 15 is 0 Å². The normalized spacial score (nSPS) is 16.4. The highest BCUT2D eigenvalue weighted by Crippen LogP contribution is 2.23. The van der Waals surface area contributed by atoms with Crippen LogP contribution in [-0.2, 0) is 11.3 Å². The van der Waals surface area contributed by atoms with Gasteiger partial charge in [0.2, 0.25) is 5.16 Å². The van der Waals surface area contributed by atoms with E-state index in [4.69, 9.17) is 4.74 Å².